The van der Waals surface area contributed by atoms with E-state index in [-0.39, 0.29) is 16.9 Å². The molecule has 1 atom stereocenters. The SMILES string of the molecule is CC(C)C(c1ccccc1)N(C)S(=O)(=O)c1ccc(F)cc1. The van der Waals surface area contributed by atoms with E-state index in [0.717, 1.165) is 17.7 Å². The Hall–Kier alpha value is -1.72. The third kappa shape index (κ3) is 3.36. The predicted octanol–water partition coefficient (Wildman–Crippen LogP) is 3.84. The normalized spacial score (nSPS) is 13.5. The van der Waals surface area contributed by atoms with Crippen LogP contribution in [0.5, 0.6) is 0 Å². The van der Waals surface area contributed by atoms with E-state index in [4.69, 9.17) is 0 Å². The lowest BCUT2D eigenvalue weighted by Gasteiger charge is -2.31. The van der Waals surface area contributed by atoms with Crippen molar-refractivity contribution in [2.45, 2.75) is 24.8 Å². The van der Waals surface area contributed by atoms with Crippen LogP contribution >= 0.6 is 0 Å². The number of hydrogen-bond acceptors (Lipinski definition) is 2. The van der Waals surface area contributed by atoms with Crippen LogP contribution in [0.25, 0.3) is 0 Å². The lowest BCUT2D eigenvalue weighted by atomic mass is 9.96. The van der Waals surface area contributed by atoms with Gasteiger partial charge in [-0.1, -0.05) is 44.2 Å². The molecule has 22 heavy (non-hydrogen) atoms. The van der Waals surface area contributed by atoms with E-state index in [1.54, 1.807) is 7.05 Å². The quantitative estimate of drug-likeness (QED) is 0.839. The summed E-state index contributed by atoms with van der Waals surface area (Å²) in [7, 11) is -2.12. The summed E-state index contributed by atoms with van der Waals surface area (Å²) >= 11 is 0. The highest BCUT2D eigenvalue weighted by Gasteiger charge is 2.31. The second kappa shape index (κ2) is 6.58. The van der Waals surface area contributed by atoms with Crippen LogP contribution < -0.4 is 0 Å². The molecule has 2 rings (SSSR count). The first kappa shape index (κ1) is 16.6. The van der Waals surface area contributed by atoms with Gasteiger partial charge in [0.1, 0.15) is 5.82 Å². The zero-order valence-electron chi connectivity index (χ0n) is 12.9. The summed E-state index contributed by atoms with van der Waals surface area (Å²) in [5.41, 5.74) is 0.936. The number of halogens is 1. The van der Waals surface area contributed by atoms with Gasteiger partial charge < -0.3 is 0 Å². The standard InChI is InChI=1S/C17H20FNO2S/c1-13(2)17(14-7-5-4-6-8-14)19(3)22(20,21)16-11-9-15(18)10-12-16/h4-13,17H,1-3H3. The molecule has 0 aliphatic heterocycles. The summed E-state index contributed by atoms with van der Waals surface area (Å²) < 4.78 is 39.9. The molecule has 0 saturated carbocycles. The minimum absolute atomic E-state index is 0.0954. The lowest BCUT2D eigenvalue weighted by Crippen LogP contribution is -2.34. The molecular formula is C17H20FNO2S. The number of nitrogens with zero attached hydrogens (tertiary/aromatic N) is 1. The zero-order chi connectivity index (χ0) is 16.3. The van der Waals surface area contributed by atoms with E-state index in [1.807, 2.05) is 44.2 Å². The van der Waals surface area contributed by atoms with Crippen LogP contribution in [0.4, 0.5) is 4.39 Å². The summed E-state index contributed by atoms with van der Waals surface area (Å²) in [4.78, 5) is 0.0954. The maximum atomic E-state index is 13.0. The second-order valence-electron chi connectivity index (χ2n) is 5.57. The van der Waals surface area contributed by atoms with Crippen LogP contribution in [0, 0.1) is 11.7 Å². The third-order valence-corrected chi connectivity index (χ3v) is 5.51. The highest BCUT2D eigenvalue weighted by Crippen LogP contribution is 2.31. The van der Waals surface area contributed by atoms with Crippen molar-refractivity contribution in [1.82, 2.24) is 4.31 Å². The molecule has 1 unspecified atom stereocenters. The van der Waals surface area contributed by atoms with Crippen molar-refractivity contribution < 1.29 is 12.8 Å². The van der Waals surface area contributed by atoms with Crippen molar-refractivity contribution in [1.29, 1.82) is 0 Å². The molecule has 0 aliphatic carbocycles. The fourth-order valence-corrected chi connectivity index (χ4v) is 4.06. The van der Waals surface area contributed by atoms with Crippen molar-refractivity contribution in [2.24, 2.45) is 5.92 Å². The fourth-order valence-electron chi connectivity index (χ4n) is 2.59. The van der Waals surface area contributed by atoms with Crippen LogP contribution in [0.1, 0.15) is 25.5 Å². The molecule has 0 bridgehead atoms. The van der Waals surface area contributed by atoms with Crippen LogP contribution in [0.2, 0.25) is 0 Å². The van der Waals surface area contributed by atoms with Crippen LogP contribution in [-0.2, 0) is 10.0 Å². The van der Waals surface area contributed by atoms with E-state index in [0.29, 0.717) is 0 Å². The molecule has 3 nitrogen and oxygen atoms in total. The average Bonchev–Trinajstić information content (AvgIpc) is 2.48. The molecule has 0 amide bonds. The first-order valence-electron chi connectivity index (χ1n) is 7.12. The van der Waals surface area contributed by atoms with Crippen molar-refractivity contribution in [3.8, 4) is 0 Å². The largest absolute Gasteiger partial charge is 0.243 e. The molecule has 0 N–H and O–H groups in total. The number of benzene rings is 2. The minimum atomic E-state index is -3.68. The van der Waals surface area contributed by atoms with Gasteiger partial charge in [0, 0.05) is 7.05 Å². The first-order valence-corrected chi connectivity index (χ1v) is 8.56. The Morgan fingerprint density at radius 3 is 2.00 bits per heavy atom. The Kier molecular flexibility index (Phi) is 4.98. The molecular weight excluding hydrogens is 301 g/mol. The average molecular weight is 321 g/mol. The molecule has 0 spiro atoms. The highest BCUT2D eigenvalue weighted by atomic mass is 32.2. The first-order chi connectivity index (χ1) is 10.3. The van der Waals surface area contributed by atoms with Gasteiger partial charge in [-0.2, -0.15) is 4.31 Å². The summed E-state index contributed by atoms with van der Waals surface area (Å²) in [6.45, 7) is 3.96. The Morgan fingerprint density at radius 1 is 0.955 bits per heavy atom. The Balaban J connectivity index is 2.42. The summed E-state index contributed by atoms with van der Waals surface area (Å²) in [5, 5.41) is 0. The van der Waals surface area contributed by atoms with E-state index < -0.39 is 15.8 Å². The van der Waals surface area contributed by atoms with Gasteiger partial charge >= 0.3 is 0 Å². The van der Waals surface area contributed by atoms with Gasteiger partial charge in [-0.3, -0.25) is 0 Å². The van der Waals surface area contributed by atoms with E-state index in [9.17, 15) is 12.8 Å². The zero-order valence-corrected chi connectivity index (χ0v) is 13.7. The molecule has 0 aromatic heterocycles. The summed E-state index contributed by atoms with van der Waals surface area (Å²) in [6, 6.07) is 14.1. The molecule has 118 valence electrons. The van der Waals surface area contributed by atoms with Gasteiger partial charge in [0.05, 0.1) is 10.9 Å². The molecule has 0 radical (unpaired) electrons. The van der Waals surface area contributed by atoms with Crippen LogP contribution in [0.3, 0.4) is 0 Å². The molecule has 2 aromatic carbocycles. The van der Waals surface area contributed by atoms with Crippen molar-refractivity contribution >= 4 is 10.0 Å². The van der Waals surface area contributed by atoms with Crippen molar-refractivity contribution in [2.75, 3.05) is 7.05 Å². The summed E-state index contributed by atoms with van der Waals surface area (Å²) in [5.74, 6) is -0.354. The maximum Gasteiger partial charge on any atom is 0.243 e. The van der Waals surface area contributed by atoms with Gasteiger partial charge in [0.15, 0.2) is 0 Å². The van der Waals surface area contributed by atoms with Crippen LogP contribution in [0.15, 0.2) is 59.5 Å². The third-order valence-electron chi connectivity index (χ3n) is 3.65. The Morgan fingerprint density at radius 2 is 1.50 bits per heavy atom. The molecule has 0 fully saturated rings. The molecule has 5 heteroatoms. The Labute approximate surface area is 131 Å². The minimum Gasteiger partial charge on any atom is -0.207 e. The van der Waals surface area contributed by atoms with Crippen molar-refractivity contribution in [3.05, 3.63) is 66.0 Å². The van der Waals surface area contributed by atoms with Crippen molar-refractivity contribution in [3.63, 3.8) is 0 Å². The Bertz CT molecular complexity index is 712. The topological polar surface area (TPSA) is 37.4 Å². The van der Waals surface area contributed by atoms with Gasteiger partial charge in [-0.25, -0.2) is 12.8 Å². The van der Waals surface area contributed by atoms with Gasteiger partial charge in [0.2, 0.25) is 10.0 Å². The van der Waals surface area contributed by atoms with Gasteiger partial charge in [0.25, 0.3) is 0 Å². The molecule has 0 aliphatic rings. The van der Waals surface area contributed by atoms with E-state index in [2.05, 4.69) is 0 Å². The molecule has 0 heterocycles. The summed E-state index contributed by atoms with van der Waals surface area (Å²) in [6.07, 6.45) is 0. The number of rotatable bonds is 5. The predicted molar refractivity (Wildman–Crippen MR) is 85.4 cm³/mol. The monoisotopic (exact) mass is 321 g/mol. The second-order valence-corrected chi connectivity index (χ2v) is 7.57. The van der Waals surface area contributed by atoms with Gasteiger partial charge in [-0.05, 0) is 35.7 Å². The fraction of sp³-hybridized carbons (Fsp3) is 0.294. The smallest absolute Gasteiger partial charge is 0.207 e. The van der Waals surface area contributed by atoms with Gasteiger partial charge in [-0.15, -0.1) is 0 Å². The number of hydrogen-bond donors (Lipinski definition) is 0. The lowest BCUT2D eigenvalue weighted by molar-refractivity contribution is 0.300. The van der Waals surface area contributed by atoms with E-state index in [1.165, 1.54) is 16.4 Å². The highest BCUT2D eigenvalue weighted by molar-refractivity contribution is 7.89. The number of sulfonamides is 1. The molecule has 2 aromatic rings. The van der Waals surface area contributed by atoms with E-state index >= 15 is 0 Å². The molecule has 0 saturated heterocycles. The van der Waals surface area contributed by atoms with Crippen LogP contribution in [-0.4, -0.2) is 19.8 Å². The maximum absolute atomic E-state index is 13.0.